The number of sulfonamides is 1. The van der Waals surface area contributed by atoms with Crippen LogP contribution in [0.2, 0.25) is 5.02 Å². The summed E-state index contributed by atoms with van der Waals surface area (Å²) in [5.74, 6) is -0.339. The molecule has 1 unspecified atom stereocenters. The summed E-state index contributed by atoms with van der Waals surface area (Å²) in [5, 5.41) is 8.39. The first kappa shape index (κ1) is 23.5. The number of hydrogen-bond donors (Lipinski definition) is 1. The van der Waals surface area contributed by atoms with Crippen molar-refractivity contribution in [2.24, 2.45) is 0 Å². The SMILES string of the molecule is Cc1ccc(-c2nnc(C(C)OC(=O)c3ccccc3NS(=O)(=O)c3ccc(Cl)cc3)o2)cc1. The lowest BCUT2D eigenvalue weighted by molar-refractivity contribution is 0.0281. The van der Waals surface area contributed by atoms with E-state index in [0.717, 1.165) is 11.1 Å². The van der Waals surface area contributed by atoms with Gasteiger partial charge in [-0.1, -0.05) is 41.4 Å². The molecule has 0 spiro atoms. The van der Waals surface area contributed by atoms with Gasteiger partial charge in [-0.25, -0.2) is 13.2 Å². The molecule has 4 rings (SSSR count). The van der Waals surface area contributed by atoms with Crippen molar-refractivity contribution in [3.8, 4) is 11.5 Å². The Hall–Kier alpha value is -3.69. The van der Waals surface area contributed by atoms with Gasteiger partial charge >= 0.3 is 5.97 Å². The summed E-state index contributed by atoms with van der Waals surface area (Å²) in [4.78, 5) is 12.9. The van der Waals surface area contributed by atoms with Crippen molar-refractivity contribution in [1.82, 2.24) is 10.2 Å². The third-order valence-corrected chi connectivity index (χ3v) is 6.52. The van der Waals surface area contributed by atoms with E-state index in [1.807, 2.05) is 31.2 Å². The second-order valence-corrected chi connectivity index (χ2v) is 9.58. The van der Waals surface area contributed by atoms with Crippen molar-refractivity contribution < 1.29 is 22.4 Å². The van der Waals surface area contributed by atoms with E-state index < -0.39 is 22.1 Å². The van der Waals surface area contributed by atoms with Crippen molar-refractivity contribution >= 4 is 33.3 Å². The summed E-state index contributed by atoms with van der Waals surface area (Å²) in [6, 6.07) is 19.4. The molecule has 34 heavy (non-hydrogen) atoms. The molecule has 0 saturated carbocycles. The average Bonchev–Trinajstić information content (AvgIpc) is 3.30. The van der Waals surface area contributed by atoms with Crippen LogP contribution in [0, 0.1) is 6.92 Å². The normalized spacial score (nSPS) is 12.2. The van der Waals surface area contributed by atoms with Crippen molar-refractivity contribution in [2.45, 2.75) is 24.8 Å². The van der Waals surface area contributed by atoms with E-state index in [1.165, 1.54) is 36.4 Å². The molecule has 10 heteroatoms. The zero-order chi connectivity index (χ0) is 24.3. The van der Waals surface area contributed by atoms with Gasteiger partial charge in [-0.15, -0.1) is 10.2 Å². The van der Waals surface area contributed by atoms with Crippen molar-refractivity contribution in [3.63, 3.8) is 0 Å². The first-order chi connectivity index (χ1) is 16.2. The number of ether oxygens (including phenoxy) is 1. The number of rotatable bonds is 7. The van der Waals surface area contributed by atoms with Crippen LogP contribution < -0.4 is 4.72 Å². The first-order valence-corrected chi connectivity index (χ1v) is 12.1. The van der Waals surface area contributed by atoms with Crippen LogP contribution in [0.1, 0.15) is 34.8 Å². The third-order valence-electron chi connectivity index (χ3n) is 4.89. The zero-order valence-corrected chi connectivity index (χ0v) is 19.8. The highest BCUT2D eigenvalue weighted by atomic mass is 35.5. The van der Waals surface area contributed by atoms with Gasteiger partial charge in [0, 0.05) is 10.6 Å². The second-order valence-electron chi connectivity index (χ2n) is 7.46. The molecule has 1 N–H and O–H groups in total. The number of anilines is 1. The Morgan fingerprint density at radius 1 is 1.00 bits per heavy atom. The smallest absolute Gasteiger partial charge is 0.341 e. The molecule has 0 fully saturated rings. The maximum atomic E-state index is 12.9. The molecule has 8 nitrogen and oxygen atoms in total. The van der Waals surface area contributed by atoms with E-state index in [1.54, 1.807) is 19.1 Å². The number of halogens is 1. The Kier molecular flexibility index (Phi) is 6.67. The van der Waals surface area contributed by atoms with E-state index in [4.69, 9.17) is 20.8 Å². The highest BCUT2D eigenvalue weighted by molar-refractivity contribution is 7.92. The Morgan fingerprint density at radius 3 is 2.38 bits per heavy atom. The Bertz CT molecular complexity index is 1420. The average molecular weight is 498 g/mol. The van der Waals surface area contributed by atoms with Crippen LogP contribution in [0.15, 0.2) is 82.1 Å². The van der Waals surface area contributed by atoms with Crippen molar-refractivity contribution in [2.75, 3.05) is 4.72 Å². The molecule has 4 aromatic rings. The summed E-state index contributed by atoms with van der Waals surface area (Å²) in [7, 11) is -3.95. The van der Waals surface area contributed by atoms with Gasteiger partial charge in [-0.3, -0.25) is 4.72 Å². The van der Waals surface area contributed by atoms with Crippen molar-refractivity contribution in [3.05, 3.63) is 94.8 Å². The number of esters is 1. The van der Waals surface area contributed by atoms with Gasteiger partial charge in [0.25, 0.3) is 15.9 Å². The monoisotopic (exact) mass is 497 g/mol. The Balaban J connectivity index is 1.51. The van der Waals surface area contributed by atoms with Gasteiger partial charge in [0.2, 0.25) is 5.89 Å². The summed E-state index contributed by atoms with van der Waals surface area (Å²) < 4.78 is 39.1. The molecule has 0 amide bonds. The number of aromatic nitrogens is 2. The molecule has 0 radical (unpaired) electrons. The number of para-hydroxylation sites is 1. The number of benzene rings is 3. The topological polar surface area (TPSA) is 111 Å². The molecule has 3 aromatic carbocycles. The maximum Gasteiger partial charge on any atom is 0.341 e. The van der Waals surface area contributed by atoms with Gasteiger partial charge in [0.05, 0.1) is 16.1 Å². The van der Waals surface area contributed by atoms with E-state index >= 15 is 0 Å². The predicted octanol–water partition coefficient (Wildman–Crippen LogP) is 5.42. The highest BCUT2D eigenvalue weighted by Crippen LogP contribution is 2.26. The standard InChI is InChI=1S/C24H20ClN3O5S/c1-15-7-9-17(10-8-15)23-27-26-22(33-23)16(2)32-24(29)20-5-3-4-6-21(20)28-34(30,31)19-13-11-18(25)12-14-19/h3-14,16,28H,1-2H3. The number of nitrogens with one attached hydrogen (secondary N) is 1. The lowest BCUT2D eigenvalue weighted by atomic mass is 10.1. The van der Waals surface area contributed by atoms with Gasteiger partial charge in [-0.2, -0.15) is 0 Å². The third kappa shape index (κ3) is 5.27. The lowest BCUT2D eigenvalue weighted by Gasteiger charge is -2.14. The fourth-order valence-corrected chi connectivity index (χ4v) is 4.26. The van der Waals surface area contributed by atoms with Crippen molar-refractivity contribution in [1.29, 1.82) is 0 Å². The number of hydrogen-bond acceptors (Lipinski definition) is 7. The van der Waals surface area contributed by atoms with Crippen LogP contribution in [-0.4, -0.2) is 24.6 Å². The largest absolute Gasteiger partial charge is 0.449 e. The van der Waals surface area contributed by atoms with E-state index in [-0.39, 0.29) is 22.0 Å². The number of aryl methyl sites for hydroxylation is 1. The minimum absolute atomic E-state index is 0.00272. The van der Waals surface area contributed by atoms with Gasteiger partial charge in [0.1, 0.15) is 0 Å². The molecule has 0 aliphatic carbocycles. The summed E-state index contributed by atoms with van der Waals surface area (Å²) in [6.45, 7) is 3.56. The molecule has 1 heterocycles. The number of carbonyl (C=O) groups is 1. The van der Waals surface area contributed by atoms with E-state index in [2.05, 4.69) is 14.9 Å². The zero-order valence-electron chi connectivity index (χ0n) is 18.2. The first-order valence-electron chi connectivity index (χ1n) is 10.2. The Morgan fingerprint density at radius 2 is 1.68 bits per heavy atom. The second kappa shape index (κ2) is 9.66. The molecule has 0 aliphatic heterocycles. The molecule has 0 bridgehead atoms. The van der Waals surface area contributed by atoms with Gasteiger partial charge in [0.15, 0.2) is 6.10 Å². The quantitative estimate of drug-likeness (QED) is 0.339. The maximum absolute atomic E-state index is 12.9. The van der Waals surface area contributed by atoms with Crippen LogP contribution in [-0.2, 0) is 14.8 Å². The van der Waals surface area contributed by atoms with Crippen LogP contribution >= 0.6 is 11.6 Å². The minimum Gasteiger partial charge on any atom is -0.449 e. The lowest BCUT2D eigenvalue weighted by Crippen LogP contribution is -2.17. The predicted molar refractivity (Wildman–Crippen MR) is 127 cm³/mol. The van der Waals surface area contributed by atoms with E-state index in [9.17, 15) is 13.2 Å². The molecular formula is C24H20ClN3O5S. The van der Waals surface area contributed by atoms with Gasteiger partial charge in [-0.05, 0) is 62.4 Å². The molecule has 0 aliphatic rings. The van der Waals surface area contributed by atoms with Gasteiger partial charge < -0.3 is 9.15 Å². The number of carbonyl (C=O) groups excluding carboxylic acids is 1. The summed E-state index contributed by atoms with van der Waals surface area (Å²) in [5.41, 5.74) is 1.94. The minimum atomic E-state index is -3.95. The molecular weight excluding hydrogens is 478 g/mol. The summed E-state index contributed by atoms with van der Waals surface area (Å²) in [6.07, 6.45) is -0.861. The van der Waals surface area contributed by atoms with Crippen LogP contribution in [0.5, 0.6) is 0 Å². The molecule has 1 atom stereocenters. The Labute approximate surface area is 201 Å². The molecule has 0 saturated heterocycles. The van der Waals surface area contributed by atoms with Crippen LogP contribution in [0.4, 0.5) is 5.69 Å². The fraction of sp³-hybridized carbons (Fsp3) is 0.125. The van der Waals surface area contributed by atoms with E-state index in [0.29, 0.717) is 10.9 Å². The molecule has 174 valence electrons. The fourth-order valence-electron chi connectivity index (χ4n) is 3.05. The van der Waals surface area contributed by atoms with Crippen LogP contribution in [0.25, 0.3) is 11.5 Å². The number of nitrogens with zero attached hydrogens (tertiary/aromatic N) is 2. The summed E-state index contributed by atoms with van der Waals surface area (Å²) >= 11 is 5.84. The molecule has 1 aromatic heterocycles. The van der Waals surface area contributed by atoms with Crippen LogP contribution in [0.3, 0.4) is 0 Å². The highest BCUT2D eigenvalue weighted by Gasteiger charge is 2.23.